The highest BCUT2D eigenvalue weighted by Gasteiger charge is 2.16. The second-order valence-electron chi connectivity index (χ2n) is 4.50. The van der Waals surface area contributed by atoms with Crippen molar-refractivity contribution >= 4 is 11.5 Å². The van der Waals surface area contributed by atoms with Crippen LogP contribution in [0, 0.1) is 0 Å². The second-order valence-corrected chi connectivity index (χ2v) is 4.50. The largest absolute Gasteiger partial charge is 0.492 e. The molecule has 1 aromatic carbocycles. The number of anilines is 1. The molecule has 0 spiro atoms. The molecule has 0 saturated carbocycles. The zero-order chi connectivity index (χ0) is 13.7. The Labute approximate surface area is 113 Å². The third-order valence-corrected chi connectivity index (χ3v) is 3.10. The molecule has 1 fully saturated rings. The Kier molecular flexibility index (Phi) is 4.76. The number of ether oxygens (including phenoxy) is 2. The Bertz CT molecular complexity index is 442. The van der Waals surface area contributed by atoms with Crippen LogP contribution in [0.1, 0.15) is 17.3 Å². The average Bonchev–Trinajstić information content (AvgIpc) is 2.42. The van der Waals surface area contributed by atoms with Crippen LogP contribution in [0.5, 0.6) is 5.75 Å². The molecule has 0 unspecified atom stereocenters. The van der Waals surface area contributed by atoms with E-state index in [4.69, 9.17) is 15.2 Å². The van der Waals surface area contributed by atoms with E-state index >= 15 is 0 Å². The first-order valence-corrected chi connectivity index (χ1v) is 6.56. The summed E-state index contributed by atoms with van der Waals surface area (Å²) in [6, 6.07) is 5.21. The van der Waals surface area contributed by atoms with Crippen molar-refractivity contribution in [3.8, 4) is 5.75 Å². The molecule has 1 aliphatic heterocycles. The lowest BCUT2D eigenvalue weighted by Crippen LogP contribution is -2.39. The normalized spacial score (nSPS) is 16.3. The average molecular weight is 264 g/mol. The first-order valence-electron chi connectivity index (χ1n) is 6.56. The quantitative estimate of drug-likeness (QED) is 0.639. The Morgan fingerprint density at radius 2 is 2.16 bits per heavy atom. The highest BCUT2D eigenvalue weighted by molar-refractivity contribution is 5.98. The van der Waals surface area contributed by atoms with E-state index in [2.05, 4.69) is 4.90 Å². The van der Waals surface area contributed by atoms with Crippen LogP contribution in [0.25, 0.3) is 0 Å². The smallest absolute Gasteiger partial charge is 0.176 e. The van der Waals surface area contributed by atoms with Gasteiger partial charge in [0, 0.05) is 18.7 Å². The van der Waals surface area contributed by atoms with E-state index in [1.807, 2.05) is 6.92 Å². The van der Waals surface area contributed by atoms with Crippen LogP contribution in [0.4, 0.5) is 5.69 Å². The molecule has 1 heterocycles. The summed E-state index contributed by atoms with van der Waals surface area (Å²) < 4.78 is 10.6. The second kappa shape index (κ2) is 6.54. The topological polar surface area (TPSA) is 64.8 Å². The summed E-state index contributed by atoms with van der Waals surface area (Å²) in [5.74, 6) is 0.710. The summed E-state index contributed by atoms with van der Waals surface area (Å²) in [5, 5.41) is 0. The van der Waals surface area contributed by atoms with Crippen molar-refractivity contribution in [3.63, 3.8) is 0 Å². The van der Waals surface area contributed by atoms with E-state index in [-0.39, 0.29) is 5.78 Å². The van der Waals surface area contributed by atoms with Gasteiger partial charge in [0.25, 0.3) is 0 Å². The predicted octanol–water partition coefficient (Wildman–Crippen LogP) is 1.18. The standard InChI is InChI=1S/C14H20N2O3/c1-2-19-14-4-3-11(9-12(14)15)13(17)10-16-5-7-18-8-6-16/h3-4,9H,2,5-8,10,15H2,1H3. The highest BCUT2D eigenvalue weighted by atomic mass is 16.5. The number of rotatable bonds is 5. The minimum Gasteiger partial charge on any atom is -0.492 e. The Hall–Kier alpha value is -1.59. The van der Waals surface area contributed by atoms with Gasteiger partial charge in [-0.25, -0.2) is 0 Å². The van der Waals surface area contributed by atoms with E-state index in [9.17, 15) is 4.79 Å². The predicted molar refractivity (Wildman–Crippen MR) is 73.6 cm³/mol. The molecule has 0 radical (unpaired) electrons. The molecule has 0 atom stereocenters. The van der Waals surface area contributed by atoms with Crippen LogP contribution in [0.3, 0.4) is 0 Å². The highest BCUT2D eigenvalue weighted by Crippen LogP contribution is 2.22. The lowest BCUT2D eigenvalue weighted by atomic mass is 10.1. The van der Waals surface area contributed by atoms with Gasteiger partial charge in [0.1, 0.15) is 5.75 Å². The van der Waals surface area contributed by atoms with Crippen molar-refractivity contribution in [2.75, 3.05) is 45.2 Å². The van der Waals surface area contributed by atoms with Gasteiger partial charge >= 0.3 is 0 Å². The van der Waals surface area contributed by atoms with Crippen molar-refractivity contribution in [3.05, 3.63) is 23.8 Å². The summed E-state index contributed by atoms with van der Waals surface area (Å²) in [6.07, 6.45) is 0. The van der Waals surface area contributed by atoms with Gasteiger partial charge in [0.05, 0.1) is 32.1 Å². The van der Waals surface area contributed by atoms with E-state index in [0.29, 0.717) is 43.4 Å². The van der Waals surface area contributed by atoms with Crippen LogP contribution in [0.15, 0.2) is 18.2 Å². The Morgan fingerprint density at radius 3 is 2.79 bits per heavy atom. The number of ketones is 1. The van der Waals surface area contributed by atoms with Crippen molar-refractivity contribution in [2.24, 2.45) is 0 Å². The number of nitrogens with zero attached hydrogens (tertiary/aromatic N) is 1. The zero-order valence-corrected chi connectivity index (χ0v) is 11.2. The van der Waals surface area contributed by atoms with Gasteiger partial charge in [-0.05, 0) is 25.1 Å². The fourth-order valence-electron chi connectivity index (χ4n) is 2.06. The molecule has 104 valence electrons. The molecule has 1 saturated heterocycles. The molecule has 19 heavy (non-hydrogen) atoms. The van der Waals surface area contributed by atoms with Crippen LogP contribution in [-0.2, 0) is 4.74 Å². The van der Waals surface area contributed by atoms with Crippen LogP contribution < -0.4 is 10.5 Å². The van der Waals surface area contributed by atoms with Crippen molar-refractivity contribution < 1.29 is 14.3 Å². The van der Waals surface area contributed by atoms with E-state index in [0.717, 1.165) is 13.1 Å². The molecular formula is C14H20N2O3. The molecule has 0 bridgehead atoms. The Balaban J connectivity index is 2.00. The van der Waals surface area contributed by atoms with Crippen molar-refractivity contribution in [2.45, 2.75) is 6.92 Å². The lowest BCUT2D eigenvalue weighted by Gasteiger charge is -2.25. The van der Waals surface area contributed by atoms with Crippen molar-refractivity contribution in [1.82, 2.24) is 4.90 Å². The molecule has 5 nitrogen and oxygen atoms in total. The lowest BCUT2D eigenvalue weighted by molar-refractivity contribution is 0.0371. The summed E-state index contributed by atoms with van der Waals surface area (Å²) in [5.41, 5.74) is 7.01. The number of nitrogens with two attached hydrogens (primary N) is 1. The maximum Gasteiger partial charge on any atom is 0.176 e. The molecule has 2 rings (SSSR count). The third-order valence-electron chi connectivity index (χ3n) is 3.10. The molecule has 0 amide bonds. The minimum atomic E-state index is 0.0802. The number of Topliss-reactive ketones (excluding diaryl/α,β-unsaturated/α-hetero) is 1. The van der Waals surface area contributed by atoms with Gasteiger partial charge in [-0.15, -0.1) is 0 Å². The van der Waals surface area contributed by atoms with Gasteiger partial charge in [-0.2, -0.15) is 0 Å². The monoisotopic (exact) mass is 264 g/mol. The Morgan fingerprint density at radius 1 is 1.42 bits per heavy atom. The first kappa shape index (κ1) is 13.8. The van der Waals surface area contributed by atoms with Gasteiger partial charge in [-0.3, -0.25) is 9.69 Å². The number of benzene rings is 1. The molecule has 1 aromatic rings. The first-order chi connectivity index (χ1) is 9.20. The number of hydrogen-bond donors (Lipinski definition) is 1. The molecule has 0 aromatic heterocycles. The SMILES string of the molecule is CCOc1ccc(C(=O)CN2CCOCC2)cc1N. The van der Waals surface area contributed by atoms with E-state index in [1.54, 1.807) is 18.2 Å². The van der Waals surface area contributed by atoms with Crippen LogP contribution in [0.2, 0.25) is 0 Å². The number of hydrogen-bond acceptors (Lipinski definition) is 5. The number of morpholine rings is 1. The van der Waals surface area contributed by atoms with Gasteiger partial charge in [0.15, 0.2) is 5.78 Å². The summed E-state index contributed by atoms with van der Waals surface area (Å²) in [4.78, 5) is 14.3. The summed E-state index contributed by atoms with van der Waals surface area (Å²) in [6.45, 7) is 5.87. The fourth-order valence-corrected chi connectivity index (χ4v) is 2.06. The maximum absolute atomic E-state index is 12.2. The number of carbonyl (C=O) groups is 1. The van der Waals surface area contributed by atoms with E-state index < -0.39 is 0 Å². The molecule has 2 N–H and O–H groups in total. The molecule has 5 heteroatoms. The molecule has 1 aliphatic rings. The summed E-state index contributed by atoms with van der Waals surface area (Å²) in [7, 11) is 0. The summed E-state index contributed by atoms with van der Waals surface area (Å²) >= 11 is 0. The fraction of sp³-hybridized carbons (Fsp3) is 0.500. The minimum absolute atomic E-state index is 0.0802. The number of carbonyl (C=O) groups excluding carboxylic acids is 1. The maximum atomic E-state index is 12.2. The van der Waals surface area contributed by atoms with Gasteiger partial charge in [-0.1, -0.05) is 0 Å². The van der Waals surface area contributed by atoms with Crippen LogP contribution in [-0.4, -0.2) is 50.1 Å². The van der Waals surface area contributed by atoms with Crippen molar-refractivity contribution in [1.29, 1.82) is 0 Å². The molecule has 0 aliphatic carbocycles. The molecular weight excluding hydrogens is 244 g/mol. The van der Waals surface area contributed by atoms with Gasteiger partial charge in [0.2, 0.25) is 0 Å². The third kappa shape index (κ3) is 3.68. The van der Waals surface area contributed by atoms with Gasteiger partial charge < -0.3 is 15.2 Å². The number of nitrogen functional groups attached to an aromatic ring is 1. The van der Waals surface area contributed by atoms with Crippen LogP contribution >= 0.6 is 0 Å². The van der Waals surface area contributed by atoms with E-state index in [1.165, 1.54) is 0 Å². The zero-order valence-electron chi connectivity index (χ0n) is 11.2.